The minimum Gasteiger partial charge on any atom is -0.508 e. The van der Waals surface area contributed by atoms with E-state index in [1.165, 1.54) is 18.2 Å². The van der Waals surface area contributed by atoms with Gasteiger partial charge in [-0.15, -0.1) is 0 Å². The second-order valence-corrected chi connectivity index (χ2v) is 6.09. The highest BCUT2D eigenvalue weighted by Gasteiger charge is 2.08. The Balaban J connectivity index is 1.95. The van der Waals surface area contributed by atoms with Gasteiger partial charge >= 0.3 is 0 Å². The number of nitrogens with zero attached hydrogens (tertiary/aromatic N) is 1. The number of amides is 1. The zero-order valence-electron chi connectivity index (χ0n) is 12.6. The average molecular weight is 414 g/mol. The van der Waals surface area contributed by atoms with Gasteiger partial charge in [-0.05, 0) is 59.3 Å². The molecule has 2 aromatic rings. The number of benzene rings is 2. The lowest BCUT2D eigenvalue weighted by Gasteiger charge is -2.08. The van der Waals surface area contributed by atoms with Gasteiger partial charge in [0.2, 0.25) is 0 Å². The summed E-state index contributed by atoms with van der Waals surface area (Å²) in [6.07, 6.45) is 0. The second-order valence-electron chi connectivity index (χ2n) is 4.80. The molecule has 0 aliphatic heterocycles. The molecule has 2 rings (SSSR count). The van der Waals surface area contributed by atoms with Crippen LogP contribution >= 0.6 is 27.5 Å². The lowest BCUT2D eigenvalue weighted by molar-refractivity contribution is -0.123. The van der Waals surface area contributed by atoms with Crippen LogP contribution in [-0.4, -0.2) is 28.4 Å². The summed E-state index contributed by atoms with van der Waals surface area (Å²) < 4.78 is 5.99. The number of phenols is 2. The highest BCUT2D eigenvalue weighted by atomic mass is 79.9. The fourth-order valence-corrected chi connectivity index (χ4v) is 2.59. The maximum atomic E-state index is 11.8. The normalized spacial score (nSPS) is 11.2. The van der Waals surface area contributed by atoms with E-state index in [1.807, 2.05) is 0 Å². The Morgan fingerprint density at radius 1 is 1.29 bits per heavy atom. The highest BCUT2D eigenvalue weighted by Crippen LogP contribution is 2.27. The first-order valence-corrected chi connectivity index (χ1v) is 7.97. The van der Waals surface area contributed by atoms with Crippen molar-refractivity contribution < 1.29 is 19.7 Å². The third kappa shape index (κ3) is 4.87. The van der Waals surface area contributed by atoms with Gasteiger partial charge in [-0.25, -0.2) is 5.43 Å². The van der Waals surface area contributed by atoms with Crippen LogP contribution < -0.4 is 10.2 Å². The summed E-state index contributed by atoms with van der Waals surface area (Å²) >= 11 is 9.11. The highest BCUT2D eigenvalue weighted by molar-refractivity contribution is 9.10. The summed E-state index contributed by atoms with van der Waals surface area (Å²) in [4.78, 5) is 11.8. The number of phenolic OH excluding ortho intramolecular Hbond substituents is 2. The number of aromatic hydroxyl groups is 2. The fourth-order valence-electron chi connectivity index (χ4n) is 1.79. The molecule has 3 N–H and O–H groups in total. The molecule has 6 nitrogen and oxygen atoms in total. The van der Waals surface area contributed by atoms with E-state index in [4.69, 9.17) is 16.3 Å². The van der Waals surface area contributed by atoms with E-state index in [0.29, 0.717) is 26.5 Å². The molecule has 0 radical (unpaired) electrons. The van der Waals surface area contributed by atoms with Crippen molar-refractivity contribution in [2.75, 3.05) is 6.61 Å². The maximum Gasteiger partial charge on any atom is 0.277 e. The van der Waals surface area contributed by atoms with Crippen LogP contribution in [0.1, 0.15) is 12.5 Å². The van der Waals surface area contributed by atoms with Gasteiger partial charge in [-0.1, -0.05) is 11.6 Å². The van der Waals surface area contributed by atoms with Crippen molar-refractivity contribution in [2.45, 2.75) is 6.92 Å². The minimum atomic E-state index is -0.476. The third-order valence-electron chi connectivity index (χ3n) is 2.97. The number of ether oxygens (including phenoxy) is 1. The SMILES string of the molecule is C/C(=N\NC(=O)COc1ccc(Cl)cc1Br)c1cc(O)ccc1O. The van der Waals surface area contributed by atoms with E-state index < -0.39 is 5.91 Å². The Morgan fingerprint density at radius 2 is 2.04 bits per heavy atom. The van der Waals surface area contributed by atoms with Crippen LogP contribution in [0.25, 0.3) is 0 Å². The molecule has 0 saturated heterocycles. The molecule has 0 bridgehead atoms. The first-order chi connectivity index (χ1) is 11.4. The zero-order valence-corrected chi connectivity index (χ0v) is 14.9. The van der Waals surface area contributed by atoms with Crippen LogP contribution in [0.3, 0.4) is 0 Å². The fraction of sp³-hybridized carbons (Fsp3) is 0.125. The molecular weight excluding hydrogens is 400 g/mol. The van der Waals surface area contributed by atoms with E-state index in [1.54, 1.807) is 25.1 Å². The molecule has 24 heavy (non-hydrogen) atoms. The largest absolute Gasteiger partial charge is 0.508 e. The topological polar surface area (TPSA) is 91.2 Å². The molecule has 126 valence electrons. The third-order valence-corrected chi connectivity index (χ3v) is 3.83. The number of carbonyl (C=O) groups is 1. The van der Waals surface area contributed by atoms with Crippen molar-refractivity contribution in [1.82, 2.24) is 5.43 Å². The van der Waals surface area contributed by atoms with Crippen LogP contribution in [0.15, 0.2) is 46.0 Å². The first-order valence-electron chi connectivity index (χ1n) is 6.80. The molecule has 0 spiro atoms. The van der Waals surface area contributed by atoms with Crippen LogP contribution in [0.4, 0.5) is 0 Å². The molecule has 0 saturated carbocycles. The number of carbonyl (C=O) groups excluding carboxylic acids is 1. The van der Waals surface area contributed by atoms with E-state index in [2.05, 4.69) is 26.5 Å². The molecule has 8 heteroatoms. The Labute approximate surface area is 151 Å². The standard InChI is InChI=1S/C16H14BrClN2O4/c1-9(12-7-11(21)3-4-14(12)22)19-20-16(23)8-24-15-5-2-10(18)6-13(15)17/h2-7,21-22H,8H2,1H3,(H,20,23)/b19-9+. The summed E-state index contributed by atoms with van der Waals surface area (Å²) in [6, 6.07) is 8.98. The Bertz CT molecular complexity index is 796. The average Bonchev–Trinajstić information content (AvgIpc) is 2.54. The van der Waals surface area contributed by atoms with Gasteiger partial charge in [-0.2, -0.15) is 5.10 Å². The van der Waals surface area contributed by atoms with Gasteiger partial charge in [0.05, 0.1) is 10.2 Å². The Morgan fingerprint density at radius 3 is 2.75 bits per heavy atom. The predicted octanol–water partition coefficient (Wildman–Crippen LogP) is 3.43. The predicted molar refractivity (Wildman–Crippen MR) is 94.8 cm³/mol. The van der Waals surface area contributed by atoms with Gasteiger partial charge in [0, 0.05) is 10.6 Å². The van der Waals surface area contributed by atoms with E-state index in [0.717, 1.165) is 0 Å². The molecular formula is C16H14BrClN2O4. The number of hydrogen-bond acceptors (Lipinski definition) is 5. The van der Waals surface area contributed by atoms with Crippen molar-refractivity contribution in [3.63, 3.8) is 0 Å². The maximum absolute atomic E-state index is 11.8. The van der Waals surface area contributed by atoms with Crippen LogP contribution in [0, 0.1) is 0 Å². The second kappa shape index (κ2) is 8.03. The van der Waals surface area contributed by atoms with Gasteiger partial charge in [0.1, 0.15) is 17.2 Å². The lowest BCUT2D eigenvalue weighted by Crippen LogP contribution is -2.25. The molecule has 0 aliphatic rings. The van der Waals surface area contributed by atoms with Gasteiger partial charge in [0.15, 0.2) is 6.61 Å². The van der Waals surface area contributed by atoms with E-state index in [9.17, 15) is 15.0 Å². The van der Waals surface area contributed by atoms with Crippen molar-refractivity contribution >= 4 is 39.1 Å². The van der Waals surface area contributed by atoms with Crippen molar-refractivity contribution in [2.24, 2.45) is 5.10 Å². The number of hydrazone groups is 1. The van der Waals surface area contributed by atoms with Crippen LogP contribution in [0.5, 0.6) is 17.2 Å². The molecule has 1 amide bonds. The molecule has 0 aromatic heterocycles. The van der Waals surface area contributed by atoms with E-state index in [-0.39, 0.29) is 18.1 Å². The number of hydrogen-bond donors (Lipinski definition) is 3. The molecule has 0 unspecified atom stereocenters. The number of halogens is 2. The van der Waals surface area contributed by atoms with Crippen LogP contribution in [0.2, 0.25) is 5.02 Å². The minimum absolute atomic E-state index is 0.0143. The molecule has 0 atom stereocenters. The summed E-state index contributed by atoms with van der Waals surface area (Å²) in [6.45, 7) is 1.34. The Kier molecular flexibility index (Phi) is 6.05. The quantitative estimate of drug-likeness (QED) is 0.398. The molecule has 0 aliphatic carbocycles. The number of rotatable bonds is 5. The van der Waals surface area contributed by atoms with Crippen molar-refractivity contribution in [3.8, 4) is 17.2 Å². The summed E-state index contributed by atoms with van der Waals surface area (Å²) in [7, 11) is 0. The Hall–Kier alpha value is -2.25. The van der Waals surface area contributed by atoms with Gasteiger partial charge in [0.25, 0.3) is 5.91 Å². The smallest absolute Gasteiger partial charge is 0.277 e. The molecule has 2 aromatic carbocycles. The first kappa shape index (κ1) is 18.1. The summed E-state index contributed by atoms with van der Waals surface area (Å²) in [5.41, 5.74) is 2.97. The molecule has 0 fully saturated rings. The summed E-state index contributed by atoms with van der Waals surface area (Å²) in [5, 5.41) is 23.6. The monoisotopic (exact) mass is 412 g/mol. The van der Waals surface area contributed by atoms with Gasteiger partial charge in [-0.3, -0.25) is 4.79 Å². The zero-order chi connectivity index (χ0) is 17.7. The van der Waals surface area contributed by atoms with E-state index >= 15 is 0 Å². The number of nitrogens with one attached hydrogen (secondary N) is 1. The molecule has 0 heterocycles. The van der Waals surface area contributed by atoms with Crippen molar-refractivity contribution in [1.29, 1.82) is 0 Å². The van der Waals surface area contributed by atoms with Crippen LogP contribution in [-0.2, 0) is 4.79 Å². The van der Waals surface area contributed by atoms with Crippen molar-refractivity contribution in [3.05, 3.63) is 51.5 Å². The van der Waals surface area contributed by atoms with Gasteiger partial charge < -0.3 is 14.9 Å². The summed E-state index contributed by atoms with van der Waals surface area (Å²) in [5.74, 6) is -0.0686. The lowest BCUT2D eigenvalue weighted by atomic mass is 10.1.